The van der Waals surface area contributed by atoms with Gasteiger partial charge in [-0.3, -0.25) is 4.79 Å². The molecule has 0 unspecified atom stereocenters. The molecule has 0 aliphatic carbocycles. The van der Waals surface area contributed by atoms with E-state index in [9.17, 15) is 18.0 Å². The molecular weight excluding hydrogens is 351 g/mol. The molecular formula is C15H11ClF3NO2S. The molecule has 0 saturated heterocycles. The highest BCUT2D eigenvalue weighted by molar-refractivity contribution is 7.98. The summed E-state index contributed by atoms with van der Waals surface area (Å²) in [5, 5.41) is 2.75. The van der Waals surface area contributed by atoms with Crippen molar-refractivity contribution in [3.63, 3.8) is 0 Å². The van der Waals surface area contributed by atoms with Gasteiger partial charge in [-0.25, -0.2) is 0 Å². The van der Waals surface area contributed by atoms with Crippen LogP contribution in [0.1, 0.15) is 10.4 Å². The number of ether oxygens (including phenoxy) is 1. The van der Waals surface area contributed by atoms with E-state index in [1.807, 2.05) is 6.26 Å². The zero-order valence-corrected chi connectivity index (χ0v) is 13.4. The molecule has 0 aliphatic heterocycles. The zero-order valence-electron chi connectivity index (χ0n) is 11.8. The first-order valence-corrected chi connectivity index (χ1v) is 7.89. The Kier molecular flexibility index (Phi) is 5.43. The van der Waals surface area contributed by atoms with Crippen LogP contribution < -0.4 is 10.1 Å². The largest absolute Gasteiger partial charge is 0.573 e. The van der Waals surface area contributed by atoms with E-state index in [1.54, 1.807) is 18.2 Å². The van der Waals surface area contributed by atoms with E-state index in [-0.39, 0.29) is 16.3 Å². The number of thioether (sulfide) groups is 1. The molecule has 2 aromatic carbocycles. The normalized spacial score (nSPS) is 11.2. The van der Waals surface area contributed by atoms with Gasteiger partial charge in [0, 0.05) is 16.6 Å². The minimum absolute atomic E-state index is 0.169. The second kappa shape index (κ2) is 7.14. The molecule has 1 N–H and O–H groups in total. The highest BCUT2D eigenvalue weighted by atomic mass is 35.5. The lowest BCUT2D eigenvalue weighted by atomic mass is 10.2. The molecule has 0 saturated carbocycles. The summed E-state index contributed by atoms with van der Waals surface area (Å²) in [5.41, 5.74) is 0.406. The molecule has 0 spiro atoms. The summed E-state index contributed by atoms with van der Waals surface area (Å²) >= 11 is 7.43. The van der Waals surface area contributed by atoms with Crippen LogP contribution in [-0.4, -0.2) is 18.5 Å². The average molecular weight is 362 g/mol. The molecule has 0 aliphatic rings. The molecule has 2 aromatic rings. The van der Waals surface area contributed by atoms with Crippen LogP contribution in [0.25, 0.3) is 0 Å². The number of amides is 1. The quantitative estimate of drug-likeness (QED) is 0.759. The molecule has 122 valence electrons. The van der Waals surface area contributed by atoms with Gasteiger partial charge in [0.15, 0.2) is 0 Å². The van der Waals surface area contributed by atoms with Crippen LogP contribution in [0.15, 0.2) is 47.4 Å². The maximum Gasteiger partial charge on any atom is 0.573 e. The molecule has 0 radical (unpaired) electrons. The molecule has 0 heterocycles. The number of halogens is 4. The topological polar surface area (TPSA) is 38.3 Å². The van der Waals surface area contributed by atoms with Crippen molar-refractivity contribution in [1.29, 1.82) is 0 Å². The van der Waals surface area contributed by atoms with E-state index < -0.39 is 18.0 Å². The van der Waals surface area contributed by atoms with E-state index in [4.69, 9.17) is 11.6 Å². The lowest BCUT2D eigenvalue weighted by Crippen LogP contribution is -2.17. The fraction of sp³-hybridized carbons (Fsp3) is 0.133. The molecule has 0 atom stereocenters. The van der Waals surface area contributed by atoms with Crippen LogP contribution in [-0.2, 0) is 0 Å². The lowest BCUT2D eigenvalue weighted by molar-refractivity contribution is -0.274. The number of anilines is 1. The van der Waals surface area contributed by atoms with Gasteiger partial charge < -0.3 is 10.1 Å². The number of benzene rings is 2. The Bertz CT molecular complexity index is 722. The molecule has 0 aromatic heterocycles. The van der Waals surface area contributed by atoms with Gasteiger partial charge in [-0.2, -0.15) is 0 Å². The maximum atomic E-state index is 12.2. The van der Waals surface area contributed by atoms with Crippen LogP contribution in [0.2, 0.25) is 5.02 Å². The average Bonchev–Trinajstić information content (AvgIpc) is 2.46. The summed E-state index contributed by atoms with van der Waals surface area (Å²) in [5.74, 6) is -0.936. The van der Waals surface area contributed by atoms with Crippen LogP contribution in [0.5, 0.6) is 5.75 Å². The van der Waals surface area contributed by atoms with Crippen molar-refractivity contribution in [1.82, 2.24) is 0 Å². The van der Waals surface area contributed by atoms with Crippen molar-refractivity contribution in [2.24, 2.45) is 0 Å². The van der Waals surface area contributed by atoms with Crippen molar-refractivity contribution in [2.75, 3.05) is 11.6 Å². The first-order valence-electron chi connectivity index (χ1n) is 6.29. The Morgan fingerprint density at radius 3 is 2.61 bits per heavy atom. The van der Waals surface area contributed by atoms with Gasteiger partial charge in [0.1, 0.15) is 5.75 Å². The van der Waals surface area contributed by atoms with Gasteiger partial charge in [0.25, 0.3) is 5.91 Å². The first kappa shape index (κ1) is 17.5. The number of hydrogen-bond donors (Lipinski definition) is 1. The summed E-state index contributed by atoms with van der Waals surface area (Å²) in [4.78, 5) is 13.1. The number of carbonyl (C=O) groups excluding carboxylic acids is 1. The predicted molar refractivity (Wildman–Crippen MR) is 84.3 cm³/mol. The van der Waals surface area contributed by atoms with Crippen LogP contribution in [0, 0.1) is 0 Å². The summed E-state index contributed by atoms with van der Waals surface area (Å²) < 4.78 is 40.4. The fourth-order valence-electron chi connectivity index (χ4n) is 1.77. The van der Waals surface area contributed by atoms with Crippen LogP contribution in [0.4, 0.5) is 18.9 Å². The van der Waals surface area contributed by atoms with Crippen molar-refractivity contribution >= 4 is 35.0 Å². The van der Waals surface area contributed by atoms with Gasteiger partial charge in [-0.15, -0.1) is 24.9 Å². The predicted octanol–water partition coefficient (Wildman–Crippen LogP) is 5.21. The van der Waals surface area contributed by atoms with E-state index in [1.165, 1.54) is 23.9 Å². The summed E-state index contributed by atoms with van der Waals surface area (Å²) in [6, 6.07) is 9.98. The number of alkyl halides is 3. The fourth-order valence-corrected chi connectivity index (χ4v) is 2.42. The Labute approximate surface area is 139 Å². The zero-order chi connectivity index (χ0) is 17.0. The van der Waals surface area contributed by atoms with Gasteiger partial charge in [-0.1, -0.05) is 17.7 Å². The first-order chi connectivity index (χ1) is 10.8. The van der Waals surface area contributed by atoms with Gasteiger partial charge >= 0.3 is 6.36 Å². The standard InChI is InChI=1S/C15H11ClF3NO2S/c1-23-11-5-6-13(16)12(8-11)14(21)20-9-3-2-4-10(7-9)22-15(17,18)19/h2-8H,1H3,(H,20,21). The van der Waals surface area contributed by atoms with Crippen molar-refractivity contribution in [3.05, 3.63) is 53.1 Å². The van der Waals surface area contributed by atoms with Gasteiger partial charge in [-0.05, 0) is 36.6 Å². The number of rotatable bonds is 4. The van der Waals surface area contributed by atoms with Crippen molar-refractivity contribution in [3.8, 4) is 5.75 Å². The molecule has 0 fully saturated rings. The highest BCUT2D eigenvalue weighted by Crippen LogP contribution is 2.27. The molecule has 23 heavy (non-hydrogen) atoms. The number of nitrogens with one attached hydrogen (secondary N) is 1. The van der Waals surface area contributed by atoms with E-state index >= 15 is 0 Å². The Morgan fingerprint density at radius 1 is 1.22 bits per heavy atom. The molecule has 1 amide bonds. The highest BCUT2D eigenvalue weighted by Gasteiger charge is 2.31. The molecule has 0 bridgehead atoms. The third kappa shape index (κ3) is 5.07. The Morgan fingerprint density at radius 2 is 1.96 bits per heavy atom. The second-order valence-electron chi connectivity index (χ2n) is 4.38. The Hall–Kier alpha value is -1.86. The third-order valence-electron chi connectivity index (χ3n) is 2.74. The number of hydrogen-bond acceptors (Lipinski definition) is 3. The molecule has 8 heteroatoms. The van der Waals surface area contributed by atoms with Crippen molar-refractivity contribution in [2.45, 2.75) is 11.3 Å². The van der Waals surface area contributed by atoms with Gasteiger partial charge in [0.05, 0.1) is 10.6 Å². The van der Waals surface area contributed by atoms with Crippen molar-refractivity contribution < 1.29 is 22.7 Å². The SMILES string of the molecule is CSc1ccc(Cl)c(C(=O)Nc2cccc(OC(F)(F)F)c2)c1. The van der Waals surface area contributed by atoms with Crippen LogP contribution in [0.3, 0.4) is 0 Å². The van der Waals surface area contributed by atoms with E-state index in [0.29, 0.717) is 0 Å². The lowest BCUT2D eigenvalue weighted by Gasteiger charge is -2.11. The van der Waals surface area contributed by atoms with Crippen LogP contribution >= 0.6 is 23.4 Å². The molecule has 2 rings (SSSR count). The number of carbonyl (C=O) groups is 1. The Balaban J connectivity index is 2.19. The smallest absolute Gasteiger partial charge is 0.406 e. The summed E-state index contributed by atoms with van der Waals surface area (Å²) in [6.45, 7) is 0. The van der Waals surface area contributed by atoms with E-state index in [2.05, 4.69) is 10.1 Å². The molecule has 3 nitrogen and oxygen atoms in total. The van der Waals surface area contributed by atoms with E-state index in [0.717, 1.165) is 17.0 Å². The van der Waals surface area contributed by atoms with Gasteiger partial charge in [0.2, 0.25) is 0 Å². The minimum atomic E-state index is -4.79. The third-order valence-corrected chi connectivity index (χ3v) is 3.80. The monoisotopic (exact) mass is 361 g/mol. The summed E-state index contributed by atoms with van der Waals surface area (Å²) in [6.07, 6.45) is -2.94. The maximum absolute atomic E-state index is 12.2. The second-order valence-corrected chi connectivity index (χ2v) is 5.66. The minimum Gasteiger partial charge on any atom is -0.406 e. The summed E-state index contributed by atoms with van der Waals surface area (Å²) in [7, 11) is 0.